The van der Waals surface area contributed by atoms with Crippen molar-refractivity contribution >= 4 is 12.0 Å². The average Bonchev–Trinajstić information content (AvgIpc) is 2.42. The molecule has 0 aliphatic carbocycles. The van der Waals surface area contributed by atoms with Gasteiger partial charge in [0.1, 0.15) is 0 Å². The Hall–Kier alpha value is -2.17. The molecule has 0 saturated carbocycles. The molecule has 0 aliphatic heterocycles. The standard InChI is InChI=1S/C16H18F2O3/c1-2-3-4-5-6-9-21-16-13(17)10-12(11-14(16)18)7-8-15(19)20/h2,7-8,10-11H,1,3-6,9H2,(H,19,20)/b8-7+. The molecule has 0 aliphatic rings. The van der Waals surface area contributed by atoms with E-state index >= 15 is 0 Å². The maximum atomic E-state index is 13.7. The van der Waals surface area contributed by atoms with Crippen LogP contribution in [0.3, 0.4) is 0 Å². The molecule has 0 unspecified atom stereocenters. The minimum Gasteiger partial charge on any atom is -0.488 e. The normalized spacial score (nSPS) is 10.8. The maximum absolute atomic E-state index is 13.7. The summed E-state index contributed by atoms with van der Waals surface area (Å²) in [5.74, 6) is -3.29. The molecule has 0 saturated heterocycles. The molecule has 0 aromatic heterocycles. The van der Waals surface area contributed by atoms with Crippen LogP contribution in [0, 0.1) is 11.6 Å². The number of ether oxygens (including phenoxy) is 1. The monoisotopic (exact) mass is 296 g/mol. The third-order valence-corrected chi connectivity index (χ3v) is 2.74. The van der Waals surface area contributed by atoms with Gasteiger partial charge in [0.15, 0.2) is 17.4 Å². The van der Waals surface area contributed by atoms with Crippen molar-refractivity contribution in [2.45, 2.75) is 25.7 Å². The Morgan fingerprint density at radius 3 is 2.48 bits per heavy atom. The summed E-state index contributed by atoms with van der Waals surface area (Å²) in [6.07, 6.45) is 7.23. The van der Waals surface area contributed by atoms with Crippen LogP contribution in [0.15, 0.2) is 30.9 Å². The first-order valence-corrected chi connectivity index (χ1v) is 6.68. The van der Waals surface area contributed by atoms with E-state index < -0.39 is 23.4 Å². The molecule has 3 nitrogen and oxygen atoms in total. The Labute approximate surface area is 122 Å². The minimum absolute atomic E-state index is 0.130. The van der Waals surface area contributed by atoms with Gasteiger partial charge in [0.2, 0.25) is 0 Å². The van der Waals surface area contributed by atoms with E-state index in [1.54, 1.807) is 0 Å². The van der Waals surface area contributed by atoms with Crippen LogP contribution in [0.1, 0.15) is 31.2 Å². The van der Waals surface area contributed by atoms with E-state index in [9.17, 15) is 13.6 Å². The summed E-state index contributed by atoms with van der Waals surface area (Å²) in [5.41, 5.74) is 0.130. The molecule has 1 aromatic rings. The Balaban J connectivity index is 2.59. The summed E-state index contributed by atoms with van der Waals surface area (Å²) >= 11 is 0. The topological polar surface area (TPSA) is 46.5 Å². The van der Waals surface area contributed by atoms with Gasteiger partial charge in [0.25, 0.3) is 0 Å². The Morgan fingerprint density at radius 2 is 1.90 bits per heavy atom. The van der Waals surface area contributed by atoms with Crippen molar-refractivity contribution in [2.24, 2.45) is 0 Å². The highest BCUT2D eigenvalue weighted by Gasteiger charge is 2.11. The number of hydrogen-bond acceptors (Lipinski definition) is 2. The van der Waals surface area contributed by atoms with Gasteiger partial charge in [-0.3, -0.25) is 0 Å². The molecule has 1 N–H and O–H groups in total. The van der Waals surface area contributed by atoms with Crippen molar-refractivity contribution in [1.82, 2.24) is 0 Å². The van der Waals surface area contributed by atoms with Gasteiger partial charge in [0, 0.05) is 6.08 Å². The molecular weight excluding hydrogens is 278 g/mol. The minimum atomic E-state index is -1.18. The second kappa shape index (κ2) is 8.89. The maximum Gasteiger partial charge on any atom is 0.328 e. The lowest BCUT2D eigenvalue weighted by Gasteiger charge is -2.09. The summed E-state index contributed by atoms with van der Waals surface area (Å²) in [4.78, 5) is 10.4. The van der Waals surface area contributed by atoms with E-state index in [2.05, 4.69) is 6.58 Å². The summed E-state index contributed by atoms with van der Waals surface area (Å²) in [5, 5.41) is 8.47. The van der Waals surface area contributed by atoms with Crippen LogP contribution >= 0.6 is 0 Å². The molecule has 114 valence electrons. The number of carbonyl (C=O) groups is 1. The van der Waals surface area contributed by atoms with Crippen molar-refractivity contribution < 1.29 is 23.4 Å². The van der Waals surface area contributed by atoms with Gasteiger partial charge in [-0.15, -0.1) is 6.58 Å². The smallest absolute Gasteiger partial charge is 0.328 e. The molecule has 1 rings (SSSR count). The lowest BCUT2D eigenvalue weighted by molar-refractivity contribution is -0.131. The van der Waals surface area contributed by atoms with Gasteiger partial charge in [-0.05, 0) is 49.5 Å². The molecule has 0 amide bonds. The zero-order valence-electron chi connectivity index (χ0n) is 11.6. The van der Waals surface area contributed by atoms with E-state index in [0.29, 0.717) is 6.42 Å². The van der Waals surface area contributed by atoms with Gasteiger partial charge >= 0.3 is 5.97 Å². The number of rotatable bonds is 9. The quantitative estimate of drug-likeness (QED) is 0.422. The van der Waals surface area contributed by atoms with Crippen LogP contribution in [0.5, 0.6) is 5.75 Å². The summed E-state index contributed by atoms with van der Waals surface area (Å²) in [7, 11) is 0. The molecule has 0 heterocycles. The third kappa shape index (κ3) is 6.21. The fourth-order valence-corrected chi connectivity index (χ4v) is 1.72. The Bertz CT molecular complexity index is 501. The van der Waals surface area contributed by atoms with Crippen molar-refractivity contribution in [2.75, 3.05) is 6.61 Å². The van der Waals surface area contributed by atoms with E-state index in [4.69, 9.17) is 9.84 Å². The summed E-state index contributed by atoms with van der Waals surface area (Å²) in [6, 6.07) is 2.07. The SMILES string of the molecule is C=CCCCCCOc1c(F)cc(/C=C/C(=O)O)cc1F. The third-order valence-electron chi connectivity index (χ3n) is 2.74. The van der Waals surface area contributed by atoms with Crippen molar-refractivity contribution in [3.05, 3.63) is 48.1 Å². The van der Waals surface area contributed by atoms with Crippen molar-refractivity contribution in [3.8, 4) is 5.75 Å². The molecule has 1 aromatic carbocycles. The summed E-state index contributed by atoms with van der Waals surface area (Å²) < 4.78 is 32.5. The number of halogens is 2. The number of hydrogen-bond donors (Lipinski definition) is 1. The second-order valence-corrected chi connectivity index (χ2v) is 4.47. The highest BCUT2D eigenvalue weighted by Crippen LogP contribution is 2.24. The fourth-order valence-electron chi connectivity index (χ4n) is 1.72. The van der Waals surface area contributed by atoms with E-state index in [-0.39, 0.29) is 12.2 Å². The van der Waals surface area contributed by atoms with Crippen molar-refractivity contribution in [1.29, 1.82) is 0 Å². The van der Waals surface area contributed by atoms with Gasteiger partial charge in [-0.2, -0.15) is 0 Å². The van der Waals surface area contributed by atoms with E-state index in [0.717, 1.165) is 43.5 Å². The van der Waals surface area contributed by atoms with E-state index in [1.807, 2.05) is 6.08 Å². The zero-order chi connectivity index (χ0) is 15.7. The van der Waals surface area contributed by atoms with Crippen LogP contribution < -0.4 is 4.74 Å². The van der Waals surface area contributed by atoms with Crippen LogP contribution in [-0.4, -0.2) is 17.7 Å². The number of unbranched alkanes of at least 4 members (excludes halogenated alkanes) is 3. The fraction of sp³-hybridized carbons (Fsp3) is 0.312. The molecule has 0 bridgehead atoms. The largest absolute Gasteiger partial charge is 0.488 e. The number of allylic oxidation sites excluding steroid dienone is 1. The van der Waals surface area contributed by atoms with Crippen LogP contribution in [0.2, 0.25) is 0 Å². The van der Waals surface area contributed by atoms with E-state index in [1.165, 1.54) is 0 Å². The number of carboxylic acid groups (broad SMARTS) is 1. The molecule has 5 heteroatoms. The Morgan fingerprint density at radius 1 is 1.24 bits per heavy atom. The number of carboxylic acids is 1. The summed E-state index contributed by atoms with van der Waals surface area (Å²) in [6.45, 7) is 3.84. The van der Waals surface area contributed by atoms with Gasteiger partial charge in [-0.25, -0.2) is 13.6 Å². The highest BCUT2D eigenvalue weighted by molar-refractivity contribution is 5.85. The predicted molar refractivity (Wildman–Crippen MR) is 77.2 cm³/mol. The lowest BCUT2D eigenvalue weighted by atomic mass is 10.2. The number of aliphatic carboxylic acids is 1. The highest BCUT2D eigenvalue weighted by atomic mass is 19.1. The first-order valence-electron chi connectivity index (χ1n) is 6.68. The molecular formula is C16H18F2O3. The predicted octanol–water partition coefficient (Wildman–Crippen LogP) is 4.19. The number of benzene rings is 1. The molecule has 0 spiro atoms. The van der Waals surface area contributed by atoms with Gasteiger partial charge in [0.05, 0.1) is 6.61 Å². The van der Waals surface area contributed by atoms with Gasteiger partial charge in [-0.1, -0.05) is 6.08 Å². The Kier molecular flexibility index (Phi) is 7.15. The first-order chi connectivity index (χ1) is 10.0. The zero-order valence-corrected chi connectivity index (χ0v) is 11.6. The second-order valence-electron chi connectivity index (χ2n) is 4.47. The first kappa shape index (κ1) is 16.9. The lowest BCUT2D eigenvalue weighted by Crippen LogP contribution is -2.02. The van der Waals surface area contributed by atoms with Crippen molar-refractivity contribution in [3.63, 3.8) is 0 Å². The average molecular weight is 296 g/mol. The van der Waals surface area contributed by atoms with Gasteiger partial charge < -0.3 is 9.84 Å². The molecule has 0 fully saturated rings. The molecule has 0 atom stereocenters. The molecule has 21 heavy (non-hydrogen) atoms. The van der Waals surface area contributed by atoms with Crippen LogP contribution in [-0.2, 0) is 4.79 Å². The van der Waals surface area contributed by atoms with Crippen LogP contribution in [0.4, 0.5) is 8.78 Å². The van der Waals surface area contributed by atoms with Crippen LogP contribution in [0.25, 0.3) is 6.08 Å². The molecule has 0 radical (unpaired) electrons.